The van der Waals surface area contributed by atoms with Gasteiger partial charge in [-0.25, -0.2) is 19.7 Å². The summed E-state index contributed by atoms with van der Waals surface area (Å²) in [6.07, 6.45) is 2.45. The van der Waals surface area contributed by atoms with Gasteiger partial charge in [0, 0.05) is 6.61 Å². The number of rotatable bonds is 2. The van der Waals surface area contributed by atoms with Gasteiger partial charge in [0.15, 0.2) is 19.3 Å². The van der Waals surface area contributed by atoms with Gasteiger partial charge in [0.25, 0.3) is 0 Å². The van der Waals surface area contributed by atoms with E-state index >= 15 is 0 Å². The highest BCUT2D eigenvalue weighted by molar-refractivity contribution is 6.30. The standard InChI is InChI=1S/C11H12BN5O3/c12-11-14-6-7(13)15-8(10(18)19)16-9(6)17(11)5-3-1-2-4-20-5/h5H,1-4H2,(H,18,19)(H2,13,15,16). The van der Waals surface area contributed by atoms with Crippen LogP contribution in [-0.4, -0.2) is 45.0 Å². The largest absolute Gasteiger partial charge is 0.475 e. The highest BCUT2D eigenvalue weighted by Crippen LogP contribution is 2.25. The van der Waals surface area contributed by atoms with Crippen LogP contribution in [-0.2, 0) is 4.74 Å². The number of imidazole rings is 1. The third kappa shape index (κ3) is 1.99. The van der Waals surface area contributed by atoms with Crippen LogP contribution in [0.4, 0.5) is 5.82 Å². The minimum Gasteiger partial charge on any atom is -0.475 e. The molecule has 1 unspecified atom stereocenters. The van der Waals surface area contributed by atoms with Gasteiger partial charge in [0.1, 0.15) is 11.7 Å². The number of aromatic nitrogens is 4. The number of aromatic carboxylic acids is 1. The monoisotopic (exact) mass is 273 g/mol. The number of nitrogen functional groups attached to an aromatic ring is 1. The van der Waals surface area contributed by atoms with Crippen LogP contribution in [0.5, 0.6) is 0 Å². The SMILES string of the molecule is [B]c1nc2c(N)nc(C(=O)O)nc2n1C1CCCCO1. The van der Waals surface area contributed by atoms with Crippen LogP contribution in [0.3, 0.4) is 0 Å². The van der Waals surface area contributed by atoms with Crippen LogP contribution in [0.1, 0.15) is 36.1 Å². The van der Waals surface area contributed by atoms with Gasteiger partial charge in [-0.05, 0) is 19.3 Å². The Bertz CT molecular complexity index is 680. The fourth-order valence-corrected chi connectivity index (χ4v) is 2.32. The molecule has 9 heteroatoms. The number of fused-ring (bicyclic) bond motifs is 1. The van der Waals surface area contributed by atoms with Crippen molar-refractivity contribution in [2.45, 2.75) is 25.5 Å². The van der Waals surface area contributed by atoms with E-state index in [0.29, 0.717) is 17.8 Å². The molecule has 2 aromatic rings. The van der Waals surface area contributed by atoms with Crippen LogP contribution in [0.15, 0.2) is 0 Å². The van der Waals surface area contributed by atoms with Crippen molar-refractivity contribution in [2.75, 3.05) is 12.3 Å². The lowest BCUT2D eigenvalue weighted by atomic mass is 10.1. The zero-order valence-corrected chi connectivity index (χ0v) is 10.6. The molecule has 1 aliphatic rings. The highest BCUT2D eigenvalue weighted by Gasteiger charge is 2.23. The number of hydrogen-bond acceptors (Lipinski definition) is 6. The number of anilines is 1. The van der Waals surface area contributed by atoms with Gasteiger partial charge >= 0.3 is 5.97 Å². The molecular weight excluding hydrogens is 261 g/mol. The minimum absolute atomic E-state index is 0.00587. The number of nitrogens with zero attached hydrogens (tertiary/aromatic N) is 4. The van der Waals surface area contributed by atoms with Gasteiger partial charge in [-0.2, -0.15) is 0 Å². The Kier molecular flexibility index (Phi) is 3.05. The van der Waals surface area contributed by atoms with Gasteiger partial charge in [0.05, 0.1) is 5.72 Å². The van der Waals surface area contributed by atoms with E-state index in [0.717, 1.165) is 19.3 Å². The second-order valence-electron chi connectivity index (χ2n) is 4.57. The van der Waals surface area contributed by atoms with Crippen molar-refractivity contribution in [3.8, 4) is 0 Å². The Hall–Kier alpha value is -2.16. The van der Waals surface area contributed by atoms with Crippen molar-refractivity contribution in [3.05, 3.63) is 5.82 Å². The maximum atomic E-state index is 11.0. The average Bonchev–Trinajstić information content (AvgIpc) is 2.76. The van der Waals surface area contributed by atoms with Crippen LogP contribution in [0.25, 0.3) is 11.2 Å². The first-order chi connectivity index (χ1) is 9.58. The van der Waals surface area contributed by atoms with E-state index in [2.05, 4.69) is 15.0 Å². The second-order valence-corrected chi connectivity index (χ2v) is 4.57. The molecule has 0 spiro atoms. The summed E-state index contributed by atoms with van der Waals surface area (Å²) in [4.78, 5) is 22.8. The molecule has 2 radical (unpaired) electrons. The van der Waals surface area contributed by atoms with Crippen molar-refractivity contribution in [3.63, 3.8) is 0 Å². The summed E-state index contributed by atoms with van der Waals surface area (Å²) >= 11 is 0. The van der Waals surface area contributed by atoms with Crippen molar-refractivity contribution in [1.29, 1.82) is 0 Å². The molecule has 1 saturated heterocycles. The zero-order valence-electron chi connectivity index (χ0n) is 10.6. The number of ether oxygens (including phenoxy) is 1. The third-order valence-corrected chi connectivity index (χ3v) is 3.23. The van der Waals surface area contributed by atoms with Crippen LogP contribution in [0.2, 0.25) is 0 Å². The molecule has 8 nitrogen and oxygen atoms in total. The summed E-state index contributed by atoms with van der Waals surface area (Å²) < 4.78 is 7.23. The Morgan fingerprint density at radius 2 is 2.20 bits per heavy atom. The Labute approximate surface area is 115 Å². The predicted octanol–water partition coefficient (Wildman–Crippen LogP) is -0.400. The fraction of sp³-hybridized carbons (Fsp3) is 0.455. The Morgan fingerprint density at radius 3 is 2.85 bits per heavy atom. The number of carboxylic acids is 1. The second kappa shape index (κ2) is 4.75. The smallest absolute Gasteiger partial charge is 0.374 e. The molecule has 0 aliphatic carbocycles. The fourth-order valence-electron chi connectivity index (χ4n) is 2.32. The van der Waals surface area contributed by atoms with E-state index < -0.39 is 5.97 Å². The van der Waals surface area contributed by atoms with E-state index in [-0.39, 0.29) is 23.6 Å². The van der Waals surface area contributed by atoms with Crippen molar-refractivity contribution in [1.82, 2.24) is 19.5 Å². The van der Waals surface area contributed by atoms with Crippen molar-refractivity contribution >= 4 is 36.5 Å². The van der Waals surface area contributed by atoms with Crippen LogP contribution >= 0.6 is 0 Å². The van der Waals surface area contributed by atoms with Gasteiger partial charge in [-0.3, -0.25) is 4.57 Å². The molecule has 1 aliphatic heterocycles. The van der Waals surface area contributed by atoms with Crippen molar-refractivity contribution in [2.24, 2.45) is 0 Å². The molecular formula is C11H12BN5O3. The highest BCUT2D eigenvalue weighted by atomic mass is 16.5. The van der Waals surface area contributed by atoms with E-state index in [1.54, 1.807) is 4.57 Å². The maximum Gasteiger partial charge on any atom is 0.374 e. The van der Waals surface area contributed by atoms with Gasteiger partial charge in [-0.15, -0.1) is 0 Å². The zero-order chi connectivity index (χ0) is 14.3. The molecule has 3 heterocycles. The molecule has 1 fully saturated rings. The quantitative estimate of drug-likeness (QED) is 0.715. The van der Waals surface area contributed by atoms with E-state index in [4.69, 9.17) is 23.4 Å². The normalized spacial score (nSPS) is 19.3. The lowest BCUT2D eigenvalue weighted by Gasteiger charge is -2.25. The first kappa shape index (κ1) is 12.9. The molecule has 0 amide bonds. The van der Waals surface area contributed by atoms with E-state index in [1.807, 2.05) is 0 Å². The summed E-state index contributed by atoms with van der Waals surface area (Å²) in [5.74, 6) is -1.64. The van der Waals surface area contributed by atoms with Crippen LogP contribution < -0.4 is 11.5 Å². The van der Waals surface area contributed by atoms with E-state index in [9.17, 15) is 4.79 Å². The Morgan fingerprint density at radius 1 is 1.40 bits per heavy atom. The summed E-state index contributed by atoms with van der Waals surface area (Å²) in [5.41, 5.74) is 6.49. The first-order valence-electron chi connectivity index (χ1n) is 6.23. The molecule has 102 valence electrons. The van der Waals surface area contributed by atoms with E-state index in [1.165, 1.54) is 0 Å². The van der Waals surface area contributed by atoms with Gasteiger partial charge < -0.3 is 15.6 Å². The predicted molar refractivity (Wildman–Crippen MR) is 70.9 cm³/mol. The molecule has 2 aromatic heterocycles. The molecule has 3 N–H and O–H groups in total. The minimum atomic E-state index is -1.26. The average molecular weight is 273 g/mol. The summed E-state index contributed by atoms with van der Waals surface area (Å²) in [6, 6.07) is 0. The summed E-state index contributed by atoms with van der Waals surface area (Å²) in [7, 11) is 5.88. The Balaban J connectivity index is 2.19. The third-order valence-electron chi connectivity index (χ3n) is 3.23. The topological polar surface area (TPSA) is 116 Å². The lowest BCUT2D eigenvalue weighted by Crippen LogP contribution is -2.28. The molecule has 0 aromatic carbocycles. The maximum absolute atomic E-state index is 11.0. The lowest BCUT2D eigenvalue weighted by molar-refractivity contribution is -0.0279. The van der Waals surface area contributed by atoms with Crippen LogP contribution in [0, 0.1) is 0 Å². The van der Waals surface area contributed by atoms with Gasteiger partial charge in [0.2, 0.25) is 5.82 Å². The number of nitrogens with two attached hydrogens (primary N) is 1. The molecule has 0 bridgehead atoms. The number of hydrogen-bond donors (Lipinski definition) is 2. The van der Waals surface area contributed by atoms with Crippen molar-refractivity contribution < 1.29 is 14.6 Å². The molecule has 1 atom stereocenters. The summed E-state index contributed by atoms with van der Waals surface area (Å²) in [6.45, 7) is 0.621. The number of carboxylic acid groups (broad SMARTS) is 1. The number of carbonyl (C=O) groups is 1. The van der Waals surface area contributed by atoms with Gasteiger partial charge in [-0.1, -0.05) is 0 Å². The molecule has 20 heavy (non-hydrogen) atoms. The summed E-state index contributed by atoms with van der Waals surface area (Å²) in [5, 5.41) is 9.00. The molecule has 0 saturated carbocycles. The first-order valence-corrected chi connectivity index (χ1v) is 6.23. The molecule has 3 rings (SSSR count).